The molecule has 0 saturated carbocycles. The number of aromatic nitrogens is 1. The molecule has 34 heavy (non-hydrogen) atoms. The van der Waals surface area contributed by atoms with Crippen LogP contribution in [0.15, 0.2) is 47.0 Å². The number of hydrogen-bond acceptors (Lipinski definition) is 5. The predicted octanol–water partition coefficient (Wildman–Crippen LogP) is 5.74. The van der Waals surface area contributed by atoms with Gasteiger partial charge < -0.3 is 14.8 Å². The van der Waals surface area contributed by atoms with E-state index in [-0.39, 0.29) is 29.6 Å². The van der Waals surface area contributed by atoms with Gasteiger partial charge in [0.1, 0.15) is 16.1 Å². The van der Waals surface area contributed by atoms with Crippen molar-refractivity contribution in [1.82, 2.24) is 9.29 Å². The van der Waals surface area contributed by atoms with Crippen molar-refractivity contribution >= 4 is 42.9 Å². The minimum absolute atomic E-state index is 0.140. The van der Waals surface area contributed by atoms with E-state index in [1.165, 1.54) is 12.1 Å². The summed E-state index contributed by atoms with van der Waals surface area (Å²) in [6, 6.07) is 4.78. The normalized spacial score (nSPS) is 19.1. The highest BCUT2D eigenvalue weighted by molar-refractivity contribution is 9.12. The summed E-state index contributed by atoms with van der Waals surface area (Å²) >= 11 is 3.34. The number of alkyl halides is 3. The van der Waals surface area contributed by atoms with E-state index in [4.69, 9.17) is 4.74 Å². The van der Waals surface area contributed by atoms with Crippen molar-refractivity contribution in [2.75, 3.05) is 0 Å². The van der Waals surface area contributed by atoms with Crippen LogP contribution in [0, 0.1) is 0 Å². The van der Waals surface area contributed by atoms with E-state index < -0.39 is 38.6 Å². The van der Waals surface area contributed by atoms with Crippen molar-refractivity contribution in [2.24, 2.45) is 0 Å². The van der Waals surface area contributed by atoms with Crippen molar-refractivity contribution in [2.45, 2.75) is 57.4 Å². The van der Waals surface area contributed by atoms with E-state index in [2.05, 4.69) is 26.0 Å². The molecule has 2 aromatic rings. The summed E-state index contributed by atoms with van der Waals surface area (Å²) in [5.74, 6) is -0.492. The first kappa shape index (κ1) is 26.1. The maximum atomic E-state index is 13.9. The van der Waals surface area contributed by atoms with E-state index in [1.54, 1.807) is 45.9 Å². The highest BCUT2D eigenvalue weighted by Crippen LogP contribution is 2.40. The molecule has 1 amide bonds. The molecule has 1 N–H and O–H groups in total. The number of amides is 1. The Kier molecular flexibility index (Phi) is 6.88. The van der Waals surface area contributed by atoms with Crippen LogP contribution in [0.5, 0.6) is 5.75 Å². The van der Waals surface area contributed by atoms with Gasteiger partial charge in [0, 0.05) is 9.87 Å². The molecule has 0 aliphatic heterocycles. The molecule has 1 unspecified atom stereocenters. The molecule has 12 heteroatoms. The van der Waals surface area contributed by atoms with Gasteiger partial charge in [-0.15, -0.1) is 13.2 Å². The van der Waals surface area contributed by atoms with Crippen LogP contribution in [0.1, 0.15) is 39.8 Å². The number of hydrogen-bond donors (Lipinski definition) is 1. The Morgan fingerprint density at radius 3 is 2.50 bits per heavy atom. The summed E-state index contributed by atoms with van der Waals surface area (Å²) in [6.07, 6.45) is -0.444. The van der Waals surface area contributed by atoms with Crippen molar-refractivity contribution in [3.8, 4) is 5.75 Å². The lowest BCUT2D eigenvalue weighted by molar-refractivity contribution is -0.274. The summed E-state index contributed by atoms with van der Waals surface area (Å²) in [6.45, 7) is 6.34. The summed E-state index contributed by atoms with van der Waals surface area (Å²) < 4.78 is 75.2. The zero-order valence-corrected chi connectivity index (χ0v) is 21.3. The second-order valence-electron chi connectivity index (χ2n) is 8.91. The number of ether oxygens (including phenoxy) is 2. The van der Waals surface area contributed by atoms with Crippen LogP contribution in [-0.4, -0.2) is 35.2 Å². The van der Waals surface area contributed by atoms with Crippen LogP contribution in [0.2, 0.25) is 0 Å². The summed E-state index contributed by atoms with van der Waals surface area (Å²) in [5, 5.41) is 2.71. The van der Waals surface area contributed by atoms with Crippen LogP contribution < -0.4 is 10.1 Å². The molecule has 7 nitrogen and oxygen atoms in total. The van der Waals surface area contributed by atoms with Gasteiger partial charge in [0.25, 0.3) is 0 Å². The molecule has 0 saturated heterocycles. The van der Waals surface area contributed by atoms with E-state index in [1.807, 2.05) is 0 Å². The number of benzene rings is 1. The zero-order chi connectivity index (χ0) is 25.5. The highest BCUT2D eigenvalue weighted by Gasteiger charge is 2.44. The minimum Gasteiger partial charge on any atom is -0.444 e. The molecule has 0 spiro atoms. The molecule has 186 valence electrons. The molecule has 0 radical (unpaired) electrons. The molecule has 3 rings (SSSR count). The number of fused-ring (bicyclic) bond motifs is 1. The maximum Gasteiger partial charge on any atom is 0.573 e. The van der Waals surface area contributed by atoms with Crippen LogP contribution in [0.3, 0.4) is 0 Å². The fourth-order valence-electron chi connectivity index (χ4n) is 3.46. The second kappa shape index (κ2) is 8.95. The fraction of sp³-hybridized carbons (Fsp3) is 0.409. The Morgan fingerprint density at radius 1 is 1.24 bits per heavy atom. The Labute approximate surface area is 203 Å². The van der Waals surface area contributed by atoms with Crippen LogP contribution in [-0.2, 0) is 21.3 Å². The summed E-state index contributed by atoms with van der Waals surface area (Å²) in [4.78, 5) is 12.2. The molecule has 1 aromatic carbocycles. The minimum atomic E-state index is -4.90. The SMILES string of the molecule is CC(C)(C)OC(=O)NCc1cc2cc(OC(F)(F)F)ccc2n1S(=O)(=O)C1(C)CC=CC=C1Br. The van der Waals surface area contributed by atoms with Crippen molar-refractivity contribution in [3.63, 3.8) is 0 Å². The number of carbonyl (C=O) groups is 1. The van der Waals surface area contributed by atoms with E-state index in [0.717, 1.165) is 16.1 Å². The first-order valence-electron chi connectivity index (χ1n) is 10.2. The first-order chi connectivity index (χ1) is 15.5. The lowest BCUT2D eigenvalue weighted by atomic mass is 10.0. The van der Waals surface area contributed by atoms with E-state index >= 15 is 0 Å². The number of nitrogens with one attached hydrogen (secondary N) is 1. The number of alkyl carbamates (subject to hydrolysis) is 1. The number of carbonyl (C=O) groups excluding carboxylic acids is 1. The largest absolute Gasteiger partial charge is 0.573 e. The third-order valence-electron chi connectivity index (χ3n) is 5.05. The van der Waals surface area contributed by atoms with Gasteiger partial charge in [0.2, 0.25) is 10.0 Å². The summed E-state index contributed by atoms with van der Waals surface area (Å²) in [5.41, 5.74) is -0.489. The van der Waals surface area contributed by atoms with Gasteiger partial charge in [-0.25, -0.2) is 17.2 Å². The number of halogens is 4. The van der Waals surface area contributed by atoms with Crippen LogP contribution in [0.25, 0.3) is 10.9 Å². The van der Waals surface area contributed by atoms with E-state index in [0.29, 0.717) is 4.48 Å². The van der Waals surface area contributed by atoms with Gasteiger partial charge in [0.15, 0.2) is 0 Å². The Morgan fingerprint density at radius 2 is 1.91 bits per heavy atom. The zero-order valence-electron chi connectivity index (χ0n) is 18.9. The monoisotopic (exact) mass is 564 g/mol. The lowest BCUT2D eigenvalue weighted by Crippen LogP contribution is -2.41. The Balaban J connectivity index is 2.11. The lowest BCUT2D eigenvalue weighted by Gasteiger charge is -2.31. The molecule has 1 atom stereocenters. The third kappa shape index (κ3) is 5.43. The standard InChI is InChI=1S/C22H24BrF3N2O5S/c1-20(2,3)33-19(29)27-13-15-11-14-12-16(32-22(24,25)26)8-9-17(14)28(15)34(30,31)21(4)10-6-5-7-18(21)23/h5-9,11-12H,10,13H2,1-4H3,(H,27,29). The number of nitrogens with zero attached hydrogens (tertiary/aromatic N) is 1. The van der Waals surface area contributed by atoms with Crippen LogP contribution >= 0.6 is 15.9 Å². The first-order valence-corrected chi connectivity index (χ1v) is 12.4. The molecule has 1 heterocycles. The average molecular weight is 565 g/mol. The molecule has 1 aromatic heterocycles. The Bertz CT molecular complexity index is 1280. The number of rotatable bonds is 5. The van der Waals surface area contributed by atoms with Crippen molar-refractivity contribution in [1.29, 1.82) is 0 Å². The third-order valence-corrected chi connectivity index (χ3v) is 8.89. The van der Waals surface area contributed by atoms with Gasteiger partial charge >= 0.3 is 12.5 Å². The second-order valence-corrected chi connectivity index (χ2v) is 12.0. The quantitative estimate of drug-likeness (QED) is 0.500. The average Bonchev–Trinajstić information content (AvgIpc) is 3.04. The van der Waals surface area contributed by atoms with Crippen molar-refractivity contribution < 1.29 is 35.9 Å². The molecular formula is C22H24BrF3N2O5S. The summed E-state index contributed by atoms with van der Waals surface area (Å²) in [7, 11) is -4.16. The fourth-order valence-corrected chi connectivity index (χ4v) is 6.26. The van der Waals surface area contributed by atoms with Gasteiger partial charge in [-0.05, 0) is 58.4 Å². The van der Waals surface area contributed by atoms with Crippen molar-refractivity contribution in [3.05, 3.63) is 52.7 Å². The van der Waals surface area contributed by atoms with Gasteiger partial charge in [-0.1, -0.05) is 34.2 Å². The van der Waals surface area contributed by atoms with Gasteiger partial charge in [-0.3, -0.25) is 0 Å². The van der Waals surface area contributed by atoms with Gasteiger partial charge in [-0.2, -0.15) is 0 Å². The molecule has 0 fully saturated rings. The van der Waals surface area contributed by atoms with E-state index in [9.17, 15) is 26.4 Å². The highest BCUT2D eigenvalue weighted by atomic mass is 79.9. The number of allylic oxidation sites excluding steroid dienone is 3. The maximum absolute atomic E-state index is 13.9. The smallest absolute Gasteiger partial charge is 0.444 e. The topological polar surface area (TPSA) is 86.6 Å². The molecular weight excluding hydrogens is 541 g/mol. The molecule has 0 bridgehead atoms. The predicted molar refractivity (Wildman–Crippen MR) is 125 cm³/mol. The molecule has 1 aliphatic rings. The molecule has 1 aliphatic carbocycles. The Hall–Kier alpha value is -2.47. The van der Waals surface area contributed by atoms with Gasteiger partial charge in [0.05, 0.1) is 17.8 Å². The van der Waals surface area contributed by atoms with Crippen LogP contribution in [0.4, 0.5) is 18.0 Å².